The summed E-state index contributed by atoms with van der Waals surface area (Å²) in [6, 6.07) is 4.32. The minimum atomic E-state index is -0.0627. The van der Waals surface area contributed by atoms with E-state index in [4.69, 9.17) is 0 Å². The number of hydrogen-bond acceptors (Lipinski definition) is 2. The Bertz CT molecular complexity index is 659. The number of hydrogen-bond donors (Lipinski definition) is 2. The molecule has 0 spiro atoms. The van der Waals surface area contributed by atoms with Crippen LogP contribution in [0, 0.1) is 16.7 Å². The van der Waals surface area contributed by atoms with Crippen LogP contribution in [-0.4, -0.2) is 10.2 Å². The number of unbranched alkanes of at least 4 members (excludes halogenated alkanes) is 1. The zero-order valence-electron chi connectivity index (χ0n) is 16.2. The lowest BCUT2D eigenvalue weighted by Crippen LogP contribution is -2.56. The summed E-state index contributed by atoms with van der Waals surface area (Å²) >= 11 is 0. The Hall–Kier alpha value is -1.02. The molecule has 0 amide bonds. The maximum Gasteiger partial charge on any atom is 0.124 e. The molecule has 0 heterocycles. The van der Waals surface area contributed by atoms with Crippen molar-refractivity contribution < 1.29 is 10.2 Å². The third kappa shape index (κ3) is 2.81. The fourth-order valence-corrected chi connectivity index (χ4v) is 7.56. The molecule has 4 aliphatic rings. The molecule has 5 rings (SSSR count). The molecule has 4 aliphatic carbocycles. The molecule has 25 heavy (non-hydrogen) atoms. The Balaban J connectivity index is 1.80. The highest BCUT2D eigenvalue weighted by molar-refractivity contribution is 5.49. The topological polar surface area (TPSA) is 40.5 Å². The Kier molecular flexibility index (Phi) is 3.99. The Morgan fingerprint density at radius 3 is 2.28 bits per heavy atom. The van der Waals surface area contributed by atoms with Crippen molar-refractivity contribution in [2.24, 2.45) is 16.7 Å². The van der Waals surface area contributed by atoms with Gasteiger partial charge in [0.05, 0.1) is 6.61 Å². The molecule has 0 radical (unpaired) electrons. The van der Waals surface area contributed by atoms with Gasteiger partial charge in [-0.25, -0.2) is 0 Å². The first-order chi connectivity index (χ1) is 11.8. The van der Waals surface area contributed by atoms with Gasteiger partial charge in [0.15, 0.2) is 0 Å². The van der Waals surface area contributed by atoms with Crippen molar-refractivity contribution in [3.8, 4) is 5.75 Å². The number of aryl methyl sites for hydroxylation is 1. The van der Waals surface area contributed by atoms with Crippen molar-refractivity contribution in [3.63, 3.8) is 0 Å². The number of aliphatic hydroxyl groups excluding tert-OH is 1. The highest BCUT2D eigenvalue weighted by Crippen LogP contribution is 2.70. The molecule has 0 aliphatic heterocycles. The van der Waals surface area contributed by atoms with Crippen LogP contribution in [0.2, 0.25) is 0 Å². The zero-order valence-corrected chi connectivity index (χ0v) is 16.2. The predicted molar refractivity (Wildman–Crippen MR) is 102 cm³/mol. The Morgan fingerprint density at radius 2 is 1.72 bits per heavy atom. The van der Waals surface area contributed by atoms with Gasteiger partial charge in [-0.1, -0.05) is 33.3 Å². The quantitative estimate of drug-likeness (QED) is 0.744. The highest BCUT2D eigenvalue weighted by atomic mass is 16.3. The van der Waals surface area contributed by atoms with Gasteiger partial charge in [-0.15, -0.1) is 0 Å². The van der Waals surface area contributed by atoms with Crippen molar-refractivity contribution >= 4 is 0 Å². The van der Waals surface area contributed by atoms with Crippen LogP contribution in [0.5, 0.6) is 5.75 Å². The maximum atomic E-state index is 11.0. The van der Waals surface area contributed by atoms with Crippen LogP contribution in [-0.2, 0) is 18.4 Å². The van der Waals surface area contributed by atoms with Crippen LogP contribution in [0.3, 0.4) is 0 Å². The number of phenols is 1. The molecule has 0 aromatic heterocycles. The second kappa shape index (κ2) is 5.74. The fraction of sp³-hybridized carbons (Fsp3) is 0.739. The molecule has 2 heteroatoms. The van der Waals surface area contributed by atoms with Gasteiger partial charge < -0.3 is 10.2 Å². The van der Waals surface area contributed by atoms with E-state index in [1.54, 1.807) is 0 Å². The van der Waals surface area contributed by atoms with Gasteiger partial charge in [-0.05, 0) is 79.7 Å². The molecule has 2 atom stereocenters. The van der Waals surface area contributed by atoms with E-state index < -0.39 is 0 Å². The van der Waals surface area contributed by atoms with Gasteiger partial charge in [0.1, 0.15) is 5.75 Å². The van der Waals surface area contributed by atoms with E-state index in [1.807, 2.05) is 6.07 Å². The molecular weight excluding hydrogens is 308 g/mol. The zero-order chi connectivity index (χ0) is 17.9. The predicted octanol–water partition coefficient (Wildman–Crippen LogP) is 5.48. The summed E-state index contributed by atoms with van der Waals surface area (Å²) in [6.45, 7) is 7.12. The smallest absolute Gasteiger partial charge is 0.124 e. The van der Waals surface area contributed by atoms with Gasteiger partial charge in [0, 0.05) is 16.5 Å². The Labute approximate surface area is 152 Å². The van der Waals surface area contributed by atoms with Crippen LogP contribution >= 0.6 is 0 Å². The molecule has 1 aromatic rings. The van der Waals surface area contributed by atoms with Crippen molar-refractivity contribution in [1.82, 2.24) is 0 Å². The summed E-state index contributed by atoms with van der Waals surface area (Å²) in [5.41, 5.74) is 4.17. The molecule has 4 bridgehead atoms. The SMILES string of the molecule is CCCCc1cc(CO)c(O)c(C23CC4CC(C)(CC(C)(C4)C2)C3)c1. The van der Waals surface area contributed by atoms with Gasteiger partial charge in [0.2, 0.25) is 0 Å². The first-order valence-electron chi connectivity index (χ1n) is 10.3. The number of aromatic hydroxyl groups is 1. The van der Waals surface area contributed by atoms with Gasteiger partial charge in [-0.2, -0.15) is 0 Å². The summed E-state index contributed by atoms with van der Waals surface area (Å²) < 4.78 is 0. The van der Waals surface area contributed by atoms with Crippen LogP contribution < -0.4 is 0 Å². The van der Waals surface area contributed by atoms with Crippen molar-refractivity contribution in [1.29, 1.82) is 0 Å². The lowest BCUT2D eigenvalue weighted by molar-refractivity contribution is -0.110. The van der Waals surface area contributed by atoms with Crippen molar-refractivity contribution in [2.75, 3.05) is 0 Å². The third-order valence-electron chi connectivity index (χ3n) is 7.44. The van der Waals surface area contributed by atoms with Gasteiger partial charge in [-0.3, -0.25) is 0 Å². The normalized spacial score (nSPS) is 39.1. The largest absolute Gasteiger partial charge is 0.507 e. The summed E-state index contributed by atoms with van der Waals surface area (Å²) in [6.07, 6.45) is 11.1. The van der Waals surface area contributed by atoms with E-state index in [0.29, 0.717) is 16.6 Å². The first kappa shape index (κ1) is 17.4. The average molecular weight is 343 g/mol. The van der Waals surface area contributed by atoms with Gasteiger partial charge >= 0.3 is 0 Å². The molecule has 0 saturated heterocycles. The van der Waals surface area contributed by atoms with Gasteiger partial charge in [0.25, 0.3) is 0 Å². The number of rotatable bonds is 5. The minimum Gasteiger partial charge on any atom is -0.507 e. The summed E-state index contributed by atoms with van der Waals surface area (Å²) in [7, 11) is 0. The summed E-state index contributed by atoms with van der Waals surface area (Å²) in [4.78, 5) is 0. The van der Waals surface area contributed by atoms with Crippen LogP contribution in [0.4, 0.5) is 0 Å². The molecule has 138 valence electrons. The van der Waals surface area contributed by atoms with Crippen molar-refractivity contribution in [2.45, 2.75) is 90.6 Å². The van der Waals surface area contributed by atoms with E-state index in [2.05, 4.69) is 26.8 Å². The summed E-state index contributed by atoms with van der Waals surface area (Å²) in [5, 5.41) is 20.8. The second-order valence-electron chi connectivity index (χ2n) is 10.3. The van der Waals surface area contributed by atoms with Crippen LogP contribution in [0.25, 0.3) is 0 Å². The summed E-state index contributed by atoms with van der Waals surface area (Å²) in [5.74, 6) is 1.19. The fourth-order valence-electron chi connectivity index (χ4n) is 7.56. The lowest BCUT2D eigenvalue weighted by atomic mass is 9.39. The highest BCUT2D eigenvalue weighted by Gasteiger charge is 2.61. The average Bonchev–Trinajstić information content (AvgIpc) is 2.50. The standard InChI is InChI=1S/C23H34O2/c1-4-5-6-16-7-18(12-24)20(25)19(8-16)23-11-17-9-21(2,14-23)13-22(3,10-17)15-23/h7-8,17,24-25H,4-6,9-15H2,1-3H3. The molecular formula is C23H34O2. The molecule has 4 fully saturated rings. The van der Waals surface area contributed by atoms with Crippen LogP contribution in [0.15, 0.2) is 12.1 Å². The maximum absolute atomic E-state index is 11.0. The first-order valence-corrected chi connectivity index (χ1v) is 10.3. The van der Waals surface area contributed by atoms with E-state index in [9.17, 15) is 10.2 Å². The molecule has 2 nitrogen and oxygen atoms in total. The van der Waals surface area contributed by atoms with E-state index in [-0.39, 0.29) is 12.0 Å². The van der Waals surface area contributed by atoms with E-state index in [0.717, 1.165) is 23.5 Å². The lowest BCUT2D eigenvalue weighted by Gasteiger charge is -2.65. The van der Waals surface area contributed by atoms with E-state index >= 15 is 0 Å². The van der Waals surface area contributed by atoms with E-state index in [1.165, 1.54) is 56.9 Å². The van der Waals surface area contributed by atoms with Crippen LogP contribution in [0.1, 0.15) is 88.8 Å². The second-order valence-corrected chi connectivity index (χ2v) is 10.3. The molecule has 2 N–H and O–H groups in total. The number of benzene rings is 1. The molecule has 2 unspecified atom stereocenters. The molecule has 1 aromatic carbocycles. The Morgan fingerprint density at radius 1 is 1.04 bits per heavy atom. The number of aliphatic hydroxyl groups is 1. The molecule has 4 saturated carbocycles. The minimum absolute atomic E-state index is 0.0627. The monoisotopic (exact) mass is 342 g/mol. The van der Waals surface area contributed by atoms with Crippen molar-refractivity contribution in [3.05, 3.63) is 28.8 Å². The third-order valence-corrected chi connectivity index (χ3v) is 7.44.